The van der Waals surface area contributed by atoms with E-state index in [0.29, 0.717) is 11.5 Å². The Morgan fingerprint density at radius 1 is 1.47 bits per heavy atom. The standard InChI is InChI=1S/C11H10FN3O2/c1-17-11(16)6-9-4-5-15(14-9)10-3-2-8(12)7-13-10/h2-5,7H,6H2,1H3. The summed E-state index contributed by atoms with van der Waals surface area (Å²) in [6.07, 6.45) is 2.86. The van der Waals surface area contributed by atoms with Gasteiger partial charge in [0.15, 0.2) is 5.82 Å². The highest BCUT2D eigenvalue weighted by Gasteiger charge is 2.07. The van der Waals surface area contributed by atoms with Crippen molar-refractivity contribution in [2.45, 2.75) is 6.42 Å². The SMILES string of the molecule is COC(=O)Cc1ccn(-c2ccc(F)cn2)n1. The topological polar surface area (TPSA) is 57.0 Å². The van der Waals surface area contributed by atoms with Crippen LogP contribution in [0.25, 0.3) is 5.82 Å². The van der Waals surface area contributed by atoms with E-state index in [1.807, 2.05) is 0 Å². The molecule has 0 aromatic carbocycles. The van der Waals surface area contributed by atoms with E-state index in [-0.39, 0.29) is 12.4 Å². The summed E-state index contributed by atoms with van der Waals surface area (Å²) in [6, 6.07) is 4.48. The highest BCUT2D eigenvalue weighted by atomic mass is 19.1. The van der Waals surface area contributed by atoms with E-state index >= 15 is 0 Å². The Balaban J connectivity index is 2.18. The van der Waals surface area contributed by atoms with Gasteiger partial charge in [-0.2, -0.15) is 5.10 Å². The zero-order chi connectivity index (χ0) is 12.3. The van der Waals surface area contributed by atoms with Crippen LogP contribution in [0.15, 0.2) is 30.6 Å². The number of hydrogen-bond donors (Lipinski definition) is 0. The molecule has 2 aromatic heterocycles. The number of methoxy groups -OCH3 is 1. The van der Waals surface area contributed by atoms with Crippen LogP contribution in [-0.2, 0) is 16.0 Å². The molecule has 0 aliphatic carbocycles. The molecule has 5 nitrogen and oxygen atoms in total. The third-order valence-corrected chi connectivity index (χ3v) is 2.14. The van der Waals surface area contributed by atoms with Crippen molar-refractivity contribution in [3.05, 3.63) is 42.1 Å². The number of esters is 1. The fourth-order valence-electron chi connectivity index (χ4n) is 1.31. The van der Waals surface area contributed by atoms with Crippen LogP contribution in [0.3, 0.4) is 0 Å². The first kappa shape index (κ1) is 11.3. The Kier molecular flexibility index (Phi) is 3.13. The molecule has 2 aromatic rings. The molecule has 0 atom stereocenters. The lowest BCUT2D eigenvalue weighted by molar-refractivity contribution is -0.139. The molecule has 0 radical (unpaired) electrons. The molecule has 2 heterocycles. The van der Waals surface area contributed by atoms with Gasteiger partial charge in [0.1, 0.15) is 5.82 Å². The van der Waals surface area contributed by atoms with Gasteiger partial charge in [-0.25, -0.2) is 14.1 Å². The summed E-state index contributed by atoms with van der Waals surface area (Å²) >= 11 is 0. The third kappa shape index (κ3) is 2.66. The number of nitrogens with zero attached hydrogens (tertiary/aromatic N) is 3. The molecule has 0 amide bonds. The molecular weight excluding hydrogens is 225 g/mol. The average Bonchev–Trinajstić information content (AvgIpc) is 2.78. The lowest BCUT2D eigenvalue weighted by Gasteiger charge is -1.99. The number of carbonyl (C=O) groups excluding carboxylic acids is 1. The highest BCUT2D eigenvalue weighted by molar-refractivity contribution is 5.71. The maximum absolute atomic E-state index is 12.7. The van der Waals surface area contributed by atoms with Crippen molar-refractivity contribution in [3.8, 4) is 5.82 Å². The quantitative estimate of drug-likeness (QED) is 0.748. The maximum atomic E-state index is 12.7. The van der Waals surface area contributed by atoms with E-state index in [4.69, 9.17) is 0 Å². The molecule has 0 aliphatic rings. The summed E-state index contributed by atoms with van der Waals surface area (Å²) in [6.45, 7) is 0. The van der Waals surface area contributed by atoms with Gasteiger partial charge in [-0.1, -0.05) is 0 Å². The van der Waals surface area contributed by atoms with Crippen molar-refractivity contribution in [2.24, 2.45) is 0 Å². The van der Waals surface area contributed by atoms with Crippen LogP contribution < -0.4 is 0 Å². The van der Waals surface area contributed by atoms with Crippen LogP contribution in [-0.4, -0.2) is 27.8 Å². The number of hydrogen-bond acceptors (Lipinski definition) is 4. The number of ether oxygens (including phenoxy) is 1. The van der Waals surface area contributed by atoms with Gasteiger partial charge in [-0.3, -0.25) is 4.79 Å². The molecule has 0 saturated heterocycles. The van der Waals surface area contributed by atoms with Crippen LogP contribution in [0.5, 0.6) is 0 Å². The van der Waals surface area contributed by atoms with Crippen LogP contribution in [0.4, 0.5) is 4.39 Å². The number of pyridine rings is 1. The number of halogens is 1. The molecule has 0 unspecified atom stereocenters. The number of carbonyl (C=O) groups is 1. The molecular formula is C11H10FN3O2. The van der Waals surface area contributed by atoms with E-state index in [1.165, 1.54) is 23.9 Å². The summed E-state index contributed by atoms with van der Waals surface area (Å²) in [5, 5.41) is 4.13. The number of aromatic nitrogens is 3. The zero-order valence-corrected chi connectivity index (χ0v) is 9.13. The minimum atomic E-state index is -0.407. The summed E-state index contributed by atoms with van der Waals surface area (Å²) in [5.41, 5.74) is 0.572. The monoisotopic (exact) mass is 235 g/mol. The maximum Gasteiger partial charge on any atom is 0.311 e. The Bertz CT molecular complexity index is 522. The van der Waals surface area contributed by atoms with Crippen LogP contribution in [0, 0.1) is 5.82 Å². The van der Waals surface area contributed by atoms with Crippen LogP contribution >= 0.6 is 0 Å². The smallest absolute Gasteiger partial charge is 0.311 e. The summed E-state index contributed by atoms with van der Waals surface area (Å²) < 4.78 is 18.7. The fourth-order valence-corrected chi connectivity index (χ4v) is 1.31. The first-order valence-corrected chi connectivity index (χ1v) is 4.92. The van der Waals surface area contributed by atoms with E-state index < -0.39 is 5.82 Å². The lowest BCUT2D eigenvalue weighted by atomic mass is 10.3. The zero-order valence-electron chi connectivity index (χ0n) is 9.13. The minimum absolute atomic E-state index is 0.102. The van der Waals surface area contributed by atoms with Gasteiger partial charge in [0.25, 0.3) is 0 Å². The molecule has 0 N–H and O–H groups in total. The average molecular weight is 235 g/mol. The van der Waals surface area contributed by atoms with Crippen molar-refractivity contribution in [1.29, 1.82) is 0 Å². The van der Waals surface area contributed by atoms with E-state index in [0.717, 1.165) is 6.20 Å². The second-order valence-corrected chi connectivity index (χ2v) is 3.34. The highest BCUT2D eigenvalue weighted by Crippen LogP contribution is 2.06. The molecule has 0 aliphatic heterocycles. The van der Waals surface area contributed by atoms with E-state index in [1.54, 1.807) is 12.3 Å². The van der Waals surface area contributed by atoms with Crippen molar-refractivity contribution in [2.75, 3.05) is 7.11 Å². The van der Waals surface area contributed by atoms with Crippen molar-refractivity contribution in [1.82, 2.24) is 14.8 Å². The first-order chi connectivity index (χ1) is 8.19. The molecule has 2 rings (SSSR count). The predicted octanol–water partition coefficient (Wildman–Crippen LogP) is 1.12. The van der Waals surface area contributed by atoms with Crippen LogP contribution in [0.1, 0.15) is 5.69 Å². The fraction of sp³-hybridized carbons (Fsp3) is 0.182. The summed E-state index contributed by atoms with van der Waals surface area (Å²) in [7, 11) is 1.32. The minimum Gasteiger partial charge on any atom is -0.469 e. The van der Waals surface area contributed by atoms with Gasteiger partial charge in [0.05, 0.1) is 25.4 Å². The summed E-state index contributed by atoms with van der Waals surface area (Å²) in [4.78, 5) is 14.9. The van der Waals surface area contributed by atoms with Gasteiger partial charge < -0.3 is 4.74 Å². The van der Waals surface area contributed by atoms with Crippen molar-refractivity contribution >= 4 is 5.97 Å². The molecule has 0 saturated carbocycles. The van der Waals surface area contributed by atoms with E-state index in [2.05, 4.69) is 14.8 Å². The van der Waals surface area contributed by atoms with Gasteiger partial charge in [0.2, 0.25) is 0 Å². The first-order valence-electron chi connectivity index (χ1n) is 4.92. The Morgan fingerprint density at radius 2 is 2.29 bits per heavy atom. The van der Waals surface area contributed by atoms with Gasteiger partial charge in [-0.05, 0) is 18.2 Å². The Labute approximate surface area is 96.9 Å². The molecule has 88 valence electrons. The Morgan fingerprint density at radius 3 is 2.94 bits per heavy atom. The normalized spacial score (nSPS) is 10.2. The predicted molar refractivity (Wildman–Crippen MR) is 57.0 cm³/mol. The molecule has 0 fully saturated rings. The van der Waals surface area contributed by atoms with Crippen LogP contribution in [0.2, 0.25) is 0 Å². The second kappa shape index (κ2) is 4.73. The molecule has 6 heteroatoms. The van der Waals surface area contributed by atoms with Crippen molar-refractivity contribution < 1.29 is 13.9 Å². The second-order valence-electron chi connectivity index (χ2n) is 3.34. The number of rotatable bonds is 3. The third-order valence-electron chi connectivity index (χ3n) is 2.14. The summed E-state index contributed by atoms with van der Waals surface area (Å²) in [5.74, 6) is -0.277. The lowest BCUT2D eigenvalue weighted by Crippen LogP contribution is -2.06. The van der Waals surface area contributed by atoms with Gasteiger partial charge in [-0.15, -0.1) is 0 Å². The van der Waals surface area contributed by atoms with Gasteiger partial charge in [0, 0.05) is 6.20 Å². The van der Waals surface area contributed by atoms with E-state index in [9.17, 15) is 9.18 Å². The van der Waals surface area contributed by atoms with Crippen molar-refractivity contribution in [3.63, 3.8) is 0 Å². The molecule has 0 bridgehead atoms. The Hall–Kier alpha value is -2.24. The van der Waals surface area contributed by atoms with Gasteiger partial charge >= 0.3 is 5.97 Å². The largest absolute Gasteiger partial charge is 0.469 e. The molecule has 17 heavy (non-hydrogen) atoms. The molecule has 0 spiro atoms.